The van der Waals surface area contributed by atoms with Crippen LogP contribution in [0.3, 0.4) is 0 Å². The topological polar surface area (TPSA) is 47.4 Å². The molecule has 0 spiro atoms. The van der Waals surface area contributed by atoms with Gasteiger partial charge >= 0.3 is 0 Å². The number of carbonyl (C=O) groups excluding carboxylic acids is 1. The molecule has 2 aliphatic carbocycles. The van der Waals surface area contributed by atoms with Gasteiger partial charge in [0.2, 0.25) is 11.8 Å². The van der Waals surface area contributed by atoms with Crippen molar-refractivity contribution in [3.8, 4) is 17.3 Å². The van der Waals surface area contributed by atoms with Gasteiger partial charge in [-0.05, 0) is 62.8 Å². The van der Waals surface area contributed by atoms with E-state index in [0.717, 1.165) is 42.1 Å². The average molecular weight is 402 g/mol. The molecule has 2 fully saturated rings. The molecule has 154 valence electrons. The van der Waals surface area contributed by atoms with Gasteiger partial charge in [-0.1, -0.05) is 36.4 Å². The molecule has 30 heavy (non-hydrogen) atoms. The van der Waals surface area contributed by atoms with Crippen molar-refractivity contribution in [2.45, 2.75) is 39.2 Å². The molecule has 2 saturated carbocycles. The van der Waals surface area contributed by atoms with Gasteiger partial charge in [-0.3, -0.25) is 4.79 Å². The molecule has 1 heterocycles. The Morgan fingerprint density at radius 2 is 1.70 bits per heavy atom. The number of carbonyl (C=O) groups is 1. The fourth-order valence-corrected chi connectivity index (χ4v) is 3.79. The third kappa shape index (κ3) is 4.11. The zero-order chi connectivity index (χ0) is 20.5. The molecule has 0 radical (unpaired) electrons. The van der Waals surface area contributed by atoms with Gasteiger partial charge in [0.25, 0.3) is 0 Å². The SMILES string of the molecule is Cc1nn(-c2ccccc2)c(Oc2ccccc2)c1CN(CC1CC1)C(=O)C1CC1. The first-order valence-electron chi connectivity index (χ1n) is 10.8. The first-order valence-corrected chi connectivity index (χ1v) is 10.8. The Hall–Kier alpha value is -3.08. The van der Waals surface area contributed by atoms with Crippen LogP contribution in [-0.4, -0.2) is 27.1 Å². The van der Waals surface area contributed by atoms with E-state index in [1.807, 2.05) is 77.2 Å². The summed E-state index contributed by atoms with van der Waals surface area (Å²) in [4.78, 5) is 15.0. The van der Waals surface area contributed by atoms with Gasteiger partial charge in [-0.15, -0.1) is 0 Å². The summed E-state index contributed by atoms with van der Waals surface area (Å²) >= 11 is 0. The summed E-state index contributed by atoms with van der Waals surface area (Å²) < 4.78 is 8.21. The predicted octanol–water partition coefficient (Wildman–Crippen LogP) is 5.12. The van der Waals surface area contributed by atoms with Crippen LogP contribution in [0.4, 0.5) is 0 Å². The lowest BCUT2D eigenvalue weighted by Gasteiger charge is -2.23. The number of amides is 1. The van der Waals surface area contributed by atoms with Crippen molar-refractivity contribution in [3.63, 3.8) is 0 Å². The zero-order valence-electron chi connectivity index (χ0n) is 17.3. The zero-order valence-corrected chi connectivity index (χ0v) is 17.3. The highest BCUT2D eigenvalue weighted by molar-refractivity contribution is 5.81. The molecule has 0 N–H and O–H groups in total. The van der Waals surface area contributed by atoms with Crippen LogP contribution in [0.25, 0.3) is 5.69 Å². The molecule has 0 atom stereocenters. The van der Waals surface area contributed by atoms with Gasteiger partial charge in [-0.2, -0.15) is 5.10 Å². The number of rotatable bonds is 8. The number of para-hydroxylation sites is 2. The summed E-state index contributed by atoms with van der Waals surface area (Å²) in [6, 6.07) is 19.8. The number of aryl methyl sites for hydroxylation is 1. The molecule has 0 aliphatic heterocycles. The number of nitrogens with zero attached hydrogens (tertiary/aromatic N) is 3. The van der Waals surface area contributed by atoms with Gasteiger partial charge < -0.3 is 9.64 Å². The van der Waals surface area contributed by atoms with E-state index in [2.05, 4.69) is 0 Å². The Labute approximate surface area is 177 Å². The number of benzene rings is 2. The van der Waals surface area contributed by atoms with Gasteiger partial charge in [0.05, 0.1) is 23.5 Å². The van der Waals surface area contributed by atoms with Crippen molar-refractivity contribution in [1.82, 2.24) is 14.7 Å². The number of aromatic nitrogens is 2. The molecule has 2 aromatic carbocycles. The van der Waals surface area contributed by atoms with E-state index in [9.17, 15) is 4.79 Å². The van der Waals surface area contributed by atoms with Crippen molar-refractivity contribution in [2.75, 3.05) is 6.54 Å². The molecule has 5 rings (SSSR count). The second-order valence-electron chi connectivity index (χ2n) is 8.47. The van der Waals surface area contributed by atoms with E-state index < -0.39 is 0 Å². The predicted molar refractivity (Wildman–Crippen MR) is 116 cm³/mol. The van der Waals surface area contributed by atoms with Crippen molar-refractivity contribution < 1.29 is 9.53 Å². The Bertz CT molecular complexity index is 1020. The highest BCUT2D eigenvalue weighted by Gasteiger charge is 2.37. The van der Waals surface area contributed by atoms with E-state index in [-0.39, 0.29) is 5.92 Å². The van der Waals surface area contributed by atoms with E-state index >= 15 is 0 Å². The van der Waals surface area contributed by atoms with E-state index in [1.165, 1.54) is 12.8 Å². The molecule has 0 unspecified atom stereocenters. The van der Waals surface area contributed by atoms with Crippen LogP contribution in [0.5, 0.6) is 11.6 Å². The standard InChI is InChI=1S/C25H27N3O2/c1-18-23(17-27(16-19-12-13-19)24(29)20-14-15-20)25(30-22-10-6-3-7-11-22)28(26-18)21-8-4-2-5-9-21/h2-11,19-20H,12-17H2,1H3. The maximum absolute atomic E-state index is 13.0. The van der Waals surface area contributed by atoms with Crippen molar-refractivity contribution in [2.24, 2.45) is 11.8 Å². The van der Waals surface area contributed by atoms with Gasteiger partial charge in [-0.25, -0.2) is 4.68 Å². The fraction of sp³-hybridized carbons (Fsp3) is 0.360. The van der Waals surface area contributed by atoms with Gasteiger partial charge in [0, 0.05) is 12.5 Å². The van der Waals surface area contributed by atoms with Gasteiger partial charge in [0.1, 0.15) is 5.75 Å². The highest BCUT2D eigenvalue weighted by Crippen LogP contribution is 2.37. The van der Waals surface area contributed by atoms with E-state index in [1.54, 1.807) is 0 Å². The third-order valence-corrected chi connectivity index (χ3v) is 5.86. The van der Waals surface area contributed by atoms with Crippen molar-refractivity contribution >= 4 is 5.91 Å². The molecule has 3 aromatic rings. The maximum Gasteiger partial charge on any atom is 0.227 e. The van der Waals surface area contributed by atoms with Crippen molar-refractivity contribution in [3.05, 3.63) is 71.9 Å². The fourth-order valence-electron chi connectivity index (χ4n) is 3.79. The van der Waals surface area contributed by atoms with Crippen LogP contribution in [0.2, 0.25) is 0 Å². The van der Waals surface area contributed by atoms with E-state index in [0.29, 0.717) is 24.2 Å². The molecule has 1 aromatic heterocycles. The minimum atomic E-state index is 0.215. The number of hydrogen-bond donors (Lipinski definition) is 0. The van der Waals surface area contributed by atoms with E-state index in [4.69, 9.17) is 9.84 Å². The highest BCUT2D eigenvalue weighted by atomic mass is 16.5. The minimum absolute atomic E-state index is 0.215. The van der Waals surface area contributed by atoms with Crippen LogP contribution in [0.1, 0.15) is 36.9 Å². The quantitative estimate of drug-likeness (QED) is 0.526. The summed E-state index contributed by atoms with van der Waals surface area (Å²) in [5, 5.41) is 4.80. The molecule has 5 heteroatoms. The number of hydrogen-bond acceptors (Lipinski definition) is 3. The first kappa shape index (κ1) is 18.9. The molecule has 2 aliphatic rings. The van der Waals surface area contributed by atoms with Crippen LogP contribution in [0, 0.1) is 18.8 Å². The lowest BCUT2D eigenvalue weighted by Crippen LogP contribution is -2.33. The largest absolute Gasteiger partial charge is 0.439 e. The minimum Gasteiger partial charge on any atom is -0.439 e. The Balaban J connectivity index is 1.52. The van der Waals surface area contributed by atoms with Crippen LogP contribution in [0.15, 0.2) is 60.7 Å². The summed E-state index contributed by atoms with van der Waals surface area (Å²) in [5.74, 6) is 2.61. The first-order chi connectivity index (χ1) is 14.7. The molecule has 5 nitrogen and oxygen atoms in total. The average Bonchev–Trinajstić information content (AvgIpc) is 3.69. The third-order valence-electron chi connectivity index (χ3n) is 5.86. The molecular formula is C25H27N3O2. The van der Waals surface area contributed by atoms with Crippen LogP contribution in [-0.2, 0) is 11.3 Å². The van der Waals surface area contributed by atoms with Crippen LogP contribution >= 0.6 is 0 Å². The summed E-state index contributed by atoms with van der Waals surface area (Å²) in [5.41, 5.74) is 2.83. The lowest BCUT2D eigenvalue weighted by molar-refractivity contribution is -0.133. The second kappa shape index (κ2) is 7.98. The monoisotopic (exact) mass is 401 g/mol. The molecule has 0 bridgehead atoms. The smallest absolute Gasteiger partial charge is 0.227 e. The normalized spacial score (nSPS) is 15.8. The molecule has 0 saturated heterocycles. The van der Waals surface area contributed by atoms with Gasteiger partial charge in [0.15, 0.2) is 0 Å². The molecular weight excluding hydrogens is 374 g/mol. The lowest BCUT2D eigenvalue weighted by atomic mass is 10.2. The Morgan fingerprint density at radius 1 is 1.03 bits per heavy atom. The maximum atomic E-state index is 13.0. The summed E-state index contributed by atoms with van der Waals surface area (Å²) in [6.45, 7) is 3.40. The summed E-state index contributed by atoms with van der Waals surface area (Å²) in [7, 11) is 0. The van der Waals surface area contributed by atoms with Crippen LogP contribution < -0.4 is 4.74 Å². The summed E-state index contributed by atoms with van der Waals surface area (Å²) in [6.07, 6.45) is 4.50. The second-order valence-corrected chi connectivity index (χ2v) is 8.47. The number of ether oxygens (including phenoxy) is 1. The molecule has 1 amide bonds. The Kier molecular flexibility index (Phi) is 5.03. The van der Waals surface area contributed by atoms with Crippen molar-refractivity contribution in [1.29, 1.82) is 0 Å². The Morgan fingerprint density at radius 3 is 2.33 bits per heavy atom.